The first-order chi connectivity index (χ1) is 30.6. The number of pyridine rings is 1. The van der Waals surface area contributed by atoms with Crippen molar-refractivity contribution in [1.82, 2.24) is 14.1 Å². The van der Waals surface area contributed by atoms with Crippen LogP contribution in [0.5, 0.6) is 0 Å². The summed E-state index contributed by atoms with van der Waals surface area (Å²) in [5.74, 6) is 0. The van der Waals surface area contributed by atoms with Crippen molar-refractivity contribution in [3.05, 3.63) is 212 Å². The van der Waals surface area contributed by atoms with Crippen molar-refractivity contribution in [2.24, 2.45) is 0 Å². The SMILES string of the molecule is N#Cc1ccc2c(c1)c1cnccc1n2-c1ccc([Si](c2ccccc2)(c2ccccc2)c2ccc(-n3c4ccccc4c4cc5oc6ccccc6c5cc43)cc2)cc1C#N. The number of nitrogens with zero attached hydrogens (tertiary/aromatic N) is 5. The van der Waals surface area contributed by atoms with E-state index in [2.05, 4.69) is 178 Å². The standard InChI is InChI=1S/C55H33N5OSi/c56-33-36-19-25-51-45(29-36)48-35-58-28-27-52(48)60(51)49-26-24-42(30-37(49)34-57)62(39-11-3-1-4-12-39,40-13-5-2-6-14-40)41-22-20-38(21-23-41)59-50-17-9-7-15-43(50)46-32-55-47(31-53(46)59)44-16-8-10-18-54(44)61-55/h1-32,35H. The van der Waals surface area contributed by atoms with Crippen LogP contribution in [0.2, 0.25) is 0 Å². The van der Waals surface area contributed by atoms with Crippen LogP contribution in [0.25, 0.3) is 76.9 Å². The normalized spacial score (nSPS) is 11.8. The maximum Gasteiger partial charge on any atom is 0.179 e. The van der Waals surface area contributed by atoms with Gasteiger partial charge in [-0.05, 0) is 93.5 Å². The molecule has 12 rings (SSSR count). The molecule has 6 nitrogen and oxygen atoms in total. The van der Waals surface area contributed by atoms with Gasteiger partial charge in [-0.15, -0.1) is 0 Å². The number of para-hydroxylation sites is 2. The minimum absolute atomic E-state index is 0.561. The van der Waals surface area contributed by atoms with Crippen LogP contribution in [-0.4, -0.2) is 22.2 Å². The minimum atomic E-state index is -3.08. The summed E-state index contributed by atoms with van der Waals surface area (Å²) in [7, 11) is -3.08. The van der Waals surface area contributed by atoms with E-state index in [1.165, 1.54) is 20.9 Å². The highest BCUT2D eigenvalue weighted by Crippen LogP contribution is 2.38. The van der Waals surface area contributed by atoms with Gasteiger partial charge in [0.25, 0.3) is 0 Å². The summed E-state index contributed by atoms with van der Waals surface area (Å²) in [6, 6.07) is 71.0. The highest BCUT2D eigenvalue weighted by atomic mass is 28.3. The first-order valence-electron chi connectivity index (χ1n) is 20.6. The van der Waals surface area contributed by atoms with Gasteiger partial charge in [0, 0.05) is 50.4 Å². The number of nitriles is 2. The van der Waals surface area contributed by atoms with Crippen LogP contribution in [0.3, 0.4) is 0 Å². The van der Waals surface area contributed by atoms with Crippen LogP contribution in [-0.2, 0) is 0 Å². The van der Waals surface area contributed by atoms with Crippen molar-refractivity contribution in [3.63, 3.8) is 0 Å². The van der Waals surface area contributed by atoms with Gasteiger partial charge in [0.2, 0.25) is 0 Å². The molecule has 0 aliphatic rings. The molecule has 4 heterocycles. The molecule has 62 heavy (non-hydrogen) atoms. The van der Waals surface area contributed by atoms with Crippen LogP contribution in [0.15, 0.2) is 205 Å². The predicted octanol–water partition coefficient (Wildman–Crippen LogP) is 10.3. The monoisotopic (exact) mass is 807 g/mol. The lowest BCUT2D eigenvalue weighted by Crippen LogP contribution is -2.74. The van der Waals surface area contributed by atoms with Crippen LogP contribution < -0.4 is 20.7 Å². The van der Waals surface area contributed by atoms with Gasteiger partial charge in [0.05, 0.1) is 45.0 Å². The molecular weight excluding hydrogens is 775 g/mol. The molecule has 0 aliphatic carbocycles. The lowest BCUT2D eigenvalue weighted by molar-refractivity contribution is 0.669. The summed E-state index contributed by atoms with van der Waals surface area (Å²) >= 11 is 0. The van der Waals surface area contributed by atoms with E-state index in [4.69, 9.17) is 4.42 Å². The summed E-state index contributed by atoms with van der Waals surface area (Å²) in [5.41, 5.74) is 8.81. The van der Waals surface area contributed by atoms with E-state index in [0.717, 1.165) is 76.7 Å². The van der Waals surface area contributed by atoms with E-state index >= 15 is 0 Å². The predicted molar refractivity (Wildman–Crippen MR) is 253 cm³/mol. The van der Waals surface area contributed by atoms with Crippen molar-refractivity contribution in [3.8, 4) is 23.5 Å². The Balaban J connectivity index is 1.09. The Morgan fingerprint density at radius 1 is 0.435 bits per heavy atom. The van der Waals surface area contributed by atoms with Crippen molar-refractivity contribution in [2.75, 3.05) is 0 Å². The molecular formula is C55H33N5OSi. The van der Waals surface area contributed by atoms with E-state index in [9.17, 15) is 10.5 Å². The Hall–Kier alpha value is -8.49. The largest absolute Gasteiger partial charge is 0.456 e. The summed E-state index contributed by atoms with van der Waals surface area (Å²) in [4.78, 5) is 4.43. The van der Waals surface area contributed by atoms with Gasteiger partial charge in [-0.2, -0.15) is 10.5 Å². The molecule has 0 atom stereocenters. The Kier molecular flexibility index (Phi) is 7.88. The molecule has 0 aliphatic heterocycles. The van der Waals surface area contributed by atoms with Crippen LogP contribution >= 0.6 is 0 Å². The fourth-order valence-electron chi connectivity index (χ4n) is 9.95. The second kappa shape index (κ2) is 13.8. The van der Waals surface area contributed by atoms with Gasteiger partial charge >= 0.3 is 0 Å². The second-order valence-corrected chi connectivity index (χ2v) is 19.6. The Bertz CT molecular complexity index is 3790. The molecule has 288 valence electrons. The number of furan rings is 1. The highest BCUT2D eigenvalue weighted by molar-refractivity contribution is 7.19. The number of benzene rings is 8. The maximum absolute atomic E-state index is 11.1. The summed E-state index contributed by atoms with van der Waals surface area (Å²) < 4.78 is 10.9. The van der Waals surface area contributed by atoms with E-state index < -0.39 is 8.07 Å². The zero-order valence-electron chi connectivity index (χ0n) is 33.2. The lowest BCUT2D eigenvalue weighted by Gasteiger charge is -2.35. The Labute approximate surface area is 357 Å². The molecule has 0 saturated heterocycles. The third-order valence-corrected chi connectivity index (χ3v) is 17.4. The lowest BCUT2D eigenvalue weighted by atomic mass is 10.1. The van der Waals surface area contributed by atoms with Crippen LogP contribution in [0.4, 0.5) is 0 Å². The van der Waals surface area contributed by atoms with Crippen LogP contribution in [0.1, 0.15) is 11.1 Å². The van der Waals surface area contributed by atoms with Gasteiger partial charge < -0.3 is 13.6 Å². The molecule has 8 aromatic carbocycles. The average molecular weight is 808 g/mol. The third-order valence-electron chi connectivity index (χ3n) is 12.6. The molecule has 0 spiro atoms. The summed E-state index contributed by atoms with van der Waals surface area (Å²) in [5, 5.41) is 31.9. The summed E-state index contributed by atoms with van der Waals surface area (Å²) in [6.07, 6.45) is 3.61. The minimum Gasteiger partial charge on any atom is -0.456 e. The number of fused-ring (bicyclic) bond motifs is 9. The summed E-state index contributed by atoms with van der Waals surface area (Å²) in [6.45, 7) is 0. The van der Waals surface area contributed by atoms with Gasteiger partial charge in [-0.25, -0.2) is 0 Å². The zero-order valence-corrected chi connectivity index (χ0v) is 34.2. The van der Waals surface area contributed by atoms with Crippen molar-refractivity contribution in [1.29, 1.82) is 10.5 Å². The Morgan fingerprint density at radius 2 is 1.08 bits per heavy atom. The van der Waals surface area contributed by atoms with Crippen molar-refractivity contribution >= 4 is 94.4 Å². The van der Waals surface area contributed by atoms with E-state index in [1.54, 1.807) is 6.20 Å². The topological polar surface area (TPSA) is 83.5 Å². The fraction of sp³-hybridized carbons (Fsp3) is 0. The number of aromatic nitrogens is 3. The quantitative estimate of drug-likeness (QED) is 0.124. The van der Waals surface area contributed by atoms with Crippen LogP contribution in [0, 0.1) is 22.7 Å². The van der Waals surface area contributed by atoms with Gasteiger partial charge in [0.1, 0.15) is 17.2 Å². The molecule has 7 heteroatoms. The number of hydrogen-bond acceptors (Lipinski definition) is 4. The molecule has 0 radical (unpaired) electrons. The molecule has 0 saturated carbocycles. The fourth-order valence-corrected chi connectivity index (χ4v) is 14.7. The zero-order chi connectivity index (χ0) is 41.4. The van der Waals surface area contributed by atoms with Crippen molar-refractivity contribution in [2.45, 2.75) is 0 Å². The molecule has 0 N–H and O–H groups in total. The smallest absolute Gasteiger partial charge is 0.179 e. The number of hydrogen-bond donors (Lipinski definition) is 0. The maximum atomic E-state index is 11.1. The van der Waals surface area contributed by atoms with Gasteiger partial charge in [-0.3, -0.25) is 4.98 Å². The molecule has 4 aromatic heterocycles. The molecule has 0 fully saturated rings. The van der Waals surface area contributed by atoms with E-state index in [1.807, 2.05) is 42.6 Å². The second-order valence-electron chi connectivity index (χ2n) is 15.8. The van der Waals surface area contributed by atoms with Gasteiger partial charge in [-0.1, -0.05) is 115 Å². The van der Waals surface area contributed by atoms with Gasteiger partial charge in [0.15, 0.2) is 8.07 Å². The van der Waals surface area contributed by atoms with Crippen molar-refractivity contribution < 1.29 is 4.42 Å². The van der Waals surface area contributed by atoms with E-state index in [-0.39, 0.29) is 0 Å². The molecule has 12 aromatic rings. The highest BCUT2D eigenvalue weighted by Gasteiger charge is 2.42. The molecule has 0 bridgehead atoms. The van der Waals surface area contributed by atoms with E-state index in [0.29, 0.717) is 11.1 Å². The molecule has 0 unspecified atom stereocenters. The first-order valence-corrected chi connectivity index (χ1v) is 22.6. The number of rotatable bonds is 6. The first kappa shape index (κ1) is 35.5. The third kappa shape index (κ3) is 5.10. The molecule has 0 amide bonds. The average Bonchev–Trinajstić information content (AvgIpc) is 3.98. The Morgan fingerprint density at radius 3 is 1.84 bits per heavy atom.